The lowest BCUT2D eigenvalue weighted by Gasteiger charge is -2.33. The molecule has 3 aromatic heterocycles. The van der Waals surface area contributed by atoms with Crippen LogP contribution in [0.1, 0.15) is 31.2 Å². The molecule has 0 unspecified atom stereocenters. The van der Waals surface area contributed by atoms with Gasteiger partial charge in [0, 0.05) is 31.9 Å². The van der Waals surface area contributed by atoms with Crippen molar-refractivity contribution in [2.45, 2.75) is 44.4 Å². The fraction of sp³-hybridized carbons (Fsp3) is 0.393. The Bertz CT molecular complexity index is 1380. The summed E-state index contributed by atoms with van der Waals surface area (Å²) in [6.45, 7) is 3.47. The minimum atomic E-state index is -0.469. The number of nitrogens with zero attached hydrogens (tertiary/aromatic N) is 5. The smallest absolute Gasteiger partial charge is 0.207 e. The number of ether oxygens (including phenoxy) is 1. The standard InChI is InChI=1S/C28H31F2N7O/c29-20-8-9-24-32-16-23(37(24)17-20)26-34-27(33-21-7-4-12-31-15-21)25(30)28(35-26)36-13-10-22(11-14-36)38-18-19-5-2-1-3-6-19/h1-3,5-6,8-9,16-17,21-22,31H,4,7,10-15,18H2,(H,33,34,35)/t21-/m1/s1. The number of anilines is 2. The van der Waals surface area contributed by atoms with Crippen LogP contribution in [0, 0.1) is 11.6 Å². The largest absolute Gasteiger partial charge is 0.373 e. The molecular formula is C28H31F2N7O. The van der Waals surface area contributed by atoms with Gasteiger partial charge in [-0.15, -0.1) is 0 Å². The van der Waals surface area contributed by atoms with Crippen LogP contribution >= 0.6 is 0 Å². The summed E-state index contributed by atoms with van der Waals surface area (Å²) < 4.78 is 37.7. The highest BCUT2D eigenvalue weighted by Crippen LogP contribution is 2.30. The van der Waals surface area contributed by atoms with Gasteiger partial charge in [0.15, 0.2) is 17.5 Å². The third-order valence-electron chi connectivity index (χ3n) is 7.24. The Labute approximate surface area is 220 Å². The van der Waals surface area contributed by atoms with Gasteiger partial charge in [0.25, 0.3) is 0 Å². The van der Waals surface area contributed by atoms with E-state index in [2.05, 4.69) is 37.7 Å². The maximum atomic E-state index is 15.9. The van der Waals surface area contributed by atoms with Crippen LogP contribution in [0.3, 0.4) is 0 Å². The van der Waals surface area contributed by atoms with Gasteiger partial charge in [-0.25, -0.2) is 19.3 Å². The molecule has 0 spiro atoms. The van der Waals surface area contributed by atoms with Crippen LogP contribution in [0.5, 0.6) is 0 Å². The molecule has 198 valence electrons. The molecule has 5 heterocycles. The molecule has 8 nitrogen and oxygen atoms in total. The number of rotatable bonds is 7. The molecule has 4 aromatic rings. The molecule has 1 atom stereocenters. The van der Waals surface area contributed by atoms with Crippen molar-refractivity contribution in [1.82, 2.24) is 24.7 Å². The second-order valence-corrected chi connectivity index (χ2v) is 9.92. The topological polar surface area (TPSA) is 79.6 Å². The molecule has 0 aliphatic carbocycles. The van der Waals surface area contributed by atoms with Crippen molar-refractivity contribution in [3.63, 3.8) is 0 Å². The highest BCUT2D eigenvalue weighted by atomic mass is 19.1. The minimum Gasteiger partial charge on any atom is -0.373 e. The van der Waals surface area contributed by atoms with Crippen LogP contribution < -0.4 is 15.5 Å². The van der Waals surface area contributed by atoms with Crippen LogP contribution in [-0.2, 0) is 11.3 Å². The first-order chi connectivity index (χ1) is 18.6. The SMILES string of the molecule is Fc1ccc2ncc(-c3nc(N[C@@H]4CCCNC4)c(F)c(N4CCC(OCc5ccccc5)CC4)n3)n2c1. The van der Waals surface area contributed by atoms with Gasteiger partial charge >= 0.3 is 0 Å². The Morgan fingerprint density at radius 2 is 1.87 bits per heavy atom. The molecule has 2 N–H and O–H groups in total. The van der Waals surface area contributed by atoms with Crippen molar-refractivity contribution in [2.24, 2.45) is 0 Å². The Morgan fingerprint density at radius 1 is 1.03 bits per heavy atom. The number of imidazole rings is 1. The van der Waals surface area contributed by atoms with Crippen LogP contribution in [0.2, 0.25) is 0 Å². The third kappa shape index (κ3) is 5.32. The minimum absolute atomic E-state index is 0.0607. The molecular weight excluding hydrogens is 488 g/mol. The number of aromatic nitrogens is 4. The lowest BCUT2D eigenvalue weighted by atomic mass is 10.1. The van der Waals surface area contributed by atoms with E-state index >= 15 is 4.39 Å². The number of hydrogen-bond acceptors (Lipinski definition) is 7. The van der Waals surface area contributed by atoms with E-state index in [1.54, 1.807) is 16.7 Å². The summed E-state index contributed by atoms with van der Waals surface area (Å²) in [4.78, 5) is 15.5. The van der Waals surface area contributed by atoms with Gasteiger partial charge in [-0.1, -0.05) is 30.3 Å². The number of fused-ring (bicyclic) bond motifs is 1. The number of hydrogen-bond donors (Lipinski definition) is 2. The zero-order valence-electron chi connectivity index (χ0n) is 21.1. The monoisotopic (exact) mass is 519 g/mol. The highest BCUT2D eigenvalue weighted by molar-refractivity contribution is 5.63. The molecule has 0 bridgehead atoms. The maximum absolute atomic E-state index is 15.9. The lowest BCUT2D eigenvalue weighted by molar-refractivity contribution is 0.0250. The summed E-state index contributed by atoms with van der Waals surface area (Å²) in [6.07, 6.45) is 6.51. The first kappa shape index (κ1) is 24.7. The van der Waals surface area contributed by atoms with Crippen molar-refractivity contribution in [3.05, 3.63) is 72.1 Å². The van der Waals surface area contributed by atoms with E-state index in [9.17, 15) is 4.39 Å². The fourth-order valence-corrected chi connectivity index (χ4v) is 5.17. The van der Waals surface area contributed by atoms with E-state index in [1.165, 1.54) is 12.3 Å². The molecule has 2 aliphatic rings. The summed E-state index contributed by atoms with van der Waals surface area (Å²) in [7, 11) is 0. The van der Waals surface area contributed by atoms with Crippen LogP contribution in [-0.4, -0.2) is 57.7 Å². The molecule has 2 fully saturated rings. The lowest BCUT2D eigenvalue weighted by Crippen LogP contribution is -2.40. The van der Waals surface area contributed by atoms with Gasteiger partial charge in [0.1, 0.15) is 17.2 Å². The number of nitrogens with one attached hydrogen (secondary N) is 2. The van der Waals surface area contributed by atoms with E-state index in [1.807, 2.05) is 23.1 Å². The average molecular weight is 520 g/mol. The molecule has 1 aromatic carbocycles. The molecule has 2 saturated heterocycles. The molecule has 6 rings (SSSR count). The molecule has 0 amide bonds. The fourth-order valence-electron chi connectivity index (χ4n) is 5.17. The van der Waals surface area contributed by atoms with Gasteiger partial charge in [0.05, 0.1) is 18.9 Å². The zero-order chi connectivity index (χ0) is 25.9. The predicted molar refractivity (Wildman–Crippen MR) is 142 cm³/mol. The van der Waals surface area contributed by atoms with Gasteiger partial charge in [-0.05, 0) is 49.9 Å². The first-order valence-corrected chi connectivity index (χ1v) is 13.2. The maximum Gasteiger partial charge on any atom is 0.207 e. The summed E-state index contributed by atoms with van der Waals surface area (Å²) in [5.74, 6) is -0.166. The zero-order valence-corrected chi connectivity index (χ0v) is 21.1. The van der Waals surface area contributed by atoms with E-state index in [-0.39, 0.29) is 23.8 Å². The van der Waals surface area contributed by atoms with Crippen molar-refractivity contribution in [2.75, 3.05) is 36.4 Å². The molecule has 2 aliphatic heterocycles. The quantitative estimate of drug-likeness (QED) is 0.374. The summed E-state index contributed by atoms with van der Waals surface area (Å²) in [6, 6.07) is 13.1. The first-order valence-electron chi connectivity index (χ1n) is 13.2. The van der Waals surface area contributed by atoms with Crippen LogP contribution in [0.25, 0.3) is 17.2 Å². The number of piperidine rings is 2. The summed E-state index contributed by atoms with van der Waals surface area (Å²) in [5, 5.41) is 6.64. The Morgan fingerprint density at radius 3 is 2.66 bits per heavy atom. The van der Waals surface area contributed by atoms with Gasteiger partial charge in [0.2, 0.25) is 5.82 Å². The molecule has 0 radical (unpaired) electrons. The normalized spacial score (nSPS) is 18.7. The van der Waals surface area contributed by atoms with Gasteiger partial charge in [-0.2, -0.15) is 4.39 Å². The number of pyridine rings is 1. The number of halogens is 2. The van der Waals surface area contributed by atoms with Crippen molar-refractivity contribution >= 4 is 17.3 Å². The number of benzene rings is 1. The second-order valence-electron chi connectivity index (χ2n) is 9.92. The van der Waals surface area contributed by atoms with Gasteiger partial charge < -0.3 is 20.3 Å². The third-order valence-corrected chi connectivity index (χ3v) is 7.24. The predicted octanol–water partition coefficient (Wildman–Crippen LogP) is 4.42. The van der Waals surface area contributed by atoms with Crippen molar-refractivity contribution in [1.29, 1.82) is 0 Å². The molecule has 38 heavy (non-hydrogen) atoms. The van der Waals surface area contributed by atoms with E-state index in [0.717, 1.165) is 44.3 Å². The van der Waals surface area contributed by atoms with E-state index in [0.29, 0.717) is 36.9 Å². The van der Waals surface area contributed by atoms with E-state index in [4.69, 9.17) is 4.74 Å². The van der Waals surface area contributed by atoms with Crippen molar-refractivity contribution in [3.8, 4) is 11.5 Å². The van der Waals surface area contributed by atoms with Crippen molar-refractivity contribution < 1.29 is 13.5 Å². The summed E-state index contributed by atoms with van der Waals surface area (Å²) >= 11 is 0. The Hall–Kier alpha value is -3.63. The molecule has 0 saturated carbocycles. The molecule has 10 heteroatoms. The summed E-state index contributed by atoms with van der Waals surface area (Å²) in [5.41, 5.74) is 2.21. The second kappa shape index (κ2) is 11.0. The van der Waals surface area contributed by atoms with E-state index < -0.39 is 11.6 Å². The average Bonchev–Trinajstić information content (AvgIpc) is 3.37. The van der Waals surface area contributed by atoms with Crippen LogP contribution in [0.15, 0.2) is 54.9 Å². The van der Waals surface area contributed by atoms with Crippen LogP contribution in [0.4, 0.5) is 20.4 Å². The Kier molecular flexibility index (Phi) is 7.15. The van der Waals surface area contributed by atoms with Gasteiger partial charge in [-0.3, -0.25) is 4.40 Å². The highest BCUT2D eigenvalue weighted by Gasteiger charge is 2.27. The Balaban J connectivity index is 1.26.